The Hall–Kier alpha value is -1.91. The molecule has 0 amide bonds. The van der Waals surface area contributed by atoms with E-state index in [1.165, 1.54) is 44.9 Å². The summed E-state index contributed by atoms with van der Waals surface area (Å²) in [5, 5.41) is 5.45. The van der Waals surface area contributed by atoms with Gasteiger partial charge in [-0.3, -0.25) is 0 Å². The smallest absolute Gasteiger partial charge is 0.340 e. The van der Waals surface area contributed by atoms with Gasteiger partial charge in [0.25, 0.3) is 0 Å². The maximum absolute atomic E-state index is 12.5. The molecule has 0 aromatic carbocycles. The van der Waals surface area contributed by atoms with Crippen molar-refractivity contribution in [2.75, 3.05) is 0 Å². The Balaban J connectivity index is 1.36. The summed E-state index contributed by atoms with van der Waals surface area (Å²) >= 11 is 0. The molecular weight excluding hydrogens is 302 g/mol. The summed E-state index contributed by atoms with van der Waals surface area (Å²) in [5.74, 6) is 1.13. The molecule has 3 atom stereocenters. The van der Waals surface area contributed by atoms with Crippen LogP contribution in [-0.2, 0) is 4.74 Å². The molecule has 0 saturated heterocycles. The van der Waals surface area contributed by atoms with Gasteiger partial charge in [-0.25, -0.2) is 14.5 Å². The van der Waals surface area contributed by atoms with E-state index in [9.17, 15) is 4.79 Å². The van der Waals surface area contributed by atoms with E-state index in [0.29, 0.717) is 17.5 Å². The van der Waals surface area contributed by atoms with Gasteiger partial charge in [0.2, 0.25) is 0 Å². The summed E-state index contributed by atoms with van der Waals surface area (Å²) in [6, 6.07) is 2.35. The molecule has 3 unspecified atom stereocenters. The van der Waals surface area contributed by atoms with Crippen molar-refractivity contribution >= 4 is 17.0 Å². The number of fused-ring (bicyclic) bond motifs is 3. The first kappa shape index (κ1) is 14.4. The Labute approximate surface area is 141 Å². The van der Waals surface area contributed by atoms with Gasteiger partial charge in [0.15, 0.2) is 5.65 Å². The van der Waals surface area contributed by atoms with Crippen LogP contribution in [0.25, 0.3) is 11.0 Å². The molecule has 5 nitrogen and oxygen atoms in total. The van der Waals surface area contributed by atoms with Crippen molar-refractivity contribution in [3.8, 4) is 0 Å². The van der Waals surface area contributed by atoms with E-state index >= 15 is 0 Å². The molecule has 0 N–H and O–H groups in total. The molecule has 5 rings (SSSR count). The molecular formula is C19H23N3O2. The summed E-state index contributed by atoms with van der Waals surface area (Å²) in [6.07, 6.45) is 13.3. The SMILES string of the molecule is O=C(OC1CC2CCC1C2)c1cnc2c(cnn2C2CCCC2)c1. The summed E-state index contributed by atoms with van der Waals surface area (Å²) in [5.41, 5.74) is 1.44. The summed E-state index contributed by atoms with van der Waals surface area (Å²) in [6.45, 7) is 0. The van der Waals surface area contributed by atoms with Crippen LogP contribution in [0.4, 0.5) is 0 Å². The zero-order chi connectivity index (χ0) is 16.1. The highest BCUT2D eigenvalue weighted by molar-refractivity contribution is 5.93. The van der Waals surface area contributed by atoms with Gasteiger partial charge in [-0.15, -0.1) is 0 Å². The van der Waals surface area contributed by atoms with Crippen LogP contribution in [0.3, 0.4) is 0 Å². The van der Waals surface area contributed by atoms with Crippen LogP contribution in [0, 0.1) is 11.8 Å². The van der Waals surface area contributed by atoms with E-state index in [4.69, 9.17) is 4.74 Å². The Morgan fingerprint density at radius 3 is 2.75 bits per heavy atom. The van der Waals surface area contributed by atoms with Crippen LogP contribution in [0.15, 0.2) is 18.5 Å². The van der Waals surface area contributed by atoms with Gasteiger partial charge >= 0.3 is 5.97 Å². The molecule has 3 saturated carbocycles. The molecule has 0 spiro atoms. The van der Waals surface area contributed by atoms with Crippen molar-refractivity contribution < 1.29 is 9.53 Å². The van der Waals surface area contributed by atoms with Crippen molar-refractivity contribution in [3.05, 3.63) is 24.0 Å². The summed E-state index contributed by atoms with van der Waals surface area (Å²) in [4.78, 5) is 17.0. The van der Waals surface area contributed by atoms with E-state index < -0.39 is 0 Å². The first-order valence-corrected chi connectivity index (χ1v) is 9.32. The normalized spacial score (nSPS) is 29.6. The topological polar surface area (TPSA) is 57.0 Å². The fraction of sp³-hybridized carbons (Fsp3) is 0.632. The van der Waals surface area contributed by atoms with Crippen molar-refractivity contribution in [1.29, 1.82) is 0 Å². The Morgan fingerprint density at radius 1 is 1.12 bits per heavy atom. The maximum Gasteiger partial charge on any atom is 0.340 e. The van der Waals surface area contributed by atoms with Gasteiger partial charge in [-0.2, -0.15) is 5.10 Å². The average Bonchev–Trinajstić information content (AvgIpc) is 3.36. The van der Waals surface area contributed by atoms with Gasteiger partial charge in [0.05, 0.1) is 17.8 Å². The van der Waals surface area contributed by atoms with Gasteiger partial charge in [-0.05, 0) is 56.4 Å². The molecule has 3 aliphatic carbocycles. The van der Waals surface area contributed by atoms with Crippen LogP contribution in [0.5, 0.6) is 0 Å². The lowest BCUT2D eigenvalue weighted by atomic mass is 9.98. The first-order chi connectivity index (χ1) is 11.8. The molecule has 3 aliphatic rings. The minimum atomic E-state index is -0.226. The van der Waals surface area contributed by atoms with Crippen molar-refractivity contribution in [1.82, 2.24) is 14.8 Å². The minimum Gasteiger partial charge on any atom is -0.458 e. The highest BCUT2D eigenvalue weighted by atomic mass is 16.5. The maximum atomic E-state index is 12.5. The van der Waals surface area contributed by atoms with Crippen LogP contribution in [0.2, 0.25) is 0 Å². The summed E-state index contributed by atoms with van der Waals surface area (Å²) < 4.78 is 7.82. The number of ether oxygens (including phenoxy) is 1. The lowest BCUT2D eigenvalue weighted by Crippen LogP contribution is -2.24. The fourth-order valence-corrected chi connectivity index (χ4v) is 5.00. The second-order valence-electron chi connectivity index (χ2n) is 7.78. The highest BCUT2D eigenvalue weighted by Gasteiger charge is 2.41. The third-order valence-electron chi connectivity index (χ3n) is 6.27. The quantitative estimate of drug-likeness (QED) is 0.803. The van der Waals surface area contributed by atoms with E-state index in [0.717, 1.165) is 23.4 Å². The number of aromatic nitrogens is 3. The number of rotatable bonds is 3. The van der Waals surface area contributed by atoms with Crippen LogP contribution < -0.4 is 0 Å². The molecule has 2 aromatic heterocycles. The van der Waals surface area contributed by atoms with E-state index in [1.807, 2.05) is 16.9 Å². The third-order valence-corrected chi connectivity index (χ3v) is 6.27. The molecule has 2 bridgehead atoms. The molecule has 5 heteroatoms. The van der Waals surface area contributed by atoms with E-state index in [-0.39, 0.29) is 12.1 Å². The molecule has 0 aliphatic heterocycles. The van der Waals surface area contributed by atoms with Crippen molar-refractivity contribution in [2.24, 2.45) is 11.8 Å². The Morgan fingerprint density at radius 2 is 2.00 bits per heavy atom. The molecule has 3 fully saturated rings. The van der Waals surface area contributed by atoms with E-state index in [1.54, 1.807) is 6.20 Å². The zero-order valence-corrected chi connectivity index (χ0v) is 13.9. The van der Waals surface area contributed by atoms with Crippen LogP contribution in [-0.4, -0.2) is 26.8 Å². The molecule has 0 radical (unpaired) electrons. The largest absolute Gasteiger partial charge is 0.458 e. The van der Waals surface area contributed by atoms with Gasteiger partial charge < -0.3 is 4.74 Å². The van der Waals surface area contributed by atoms with Crippen molar-refractivity contribution in [2.45, 2.75) is 63.5 Å². The second kappa shape index (κ2) is 5.57. The highest BCUT2D eigenvalue weighted by Crippen LogP contribution is 2.46. The fourth-order valence-electron chi connectivity index (χ4n) is 5.00. The number of hydrogen-bond acceptors (Lipinski definition) is 4. The Kier molecular flexibility index (Phi) is 3.35. The van der Waals surface area contributed by atoms with Gasteiger partial charge in [0.1, 0.15) is 6.10 Å². The lowest BCUT2D eigenvalue weighted by Gasteiger charge is -2.21. The molecule has 2 heterocycles. The first-order valence-electron chi connectivity index (χ1n) is 9.32. The van der Waals surface area contributed by atoms with E-state index in [2.05, 4.69) is 10.1 Å². The van der Waals surface area contributed by atoms with Crippen LogP contribution in [0.1, 0.15) is 67.8 Å². The zero-order valence-electron chi connectivity index (χ0n) is 13.9. The second-order valence-corrected chi connectivity index (χ2v) is 7.78. The van der Waals surface area contributed by atoms with Crippen molar-refractivity contribution in [3.63, 3.8) is 0 Å². The Bertz CT molecular complexity index is 778. The molecule has 24 heavy (non-hydrogen) atoms. The number of nitrogens with zero attached hydrogens (tertiary/aromatic N) is 3. The number of pyridine rings is 1. The average molecular weight is 325 g/mol. The number of hydrogen-bond donors (Lipinski definition) is 0. The van der Waals surface area contributed by atoms with Gasteiger partial charge in [0, 0.05) is 11.6 Å². The monoisotopic (exact) mass is 325 g/mol. The molecule has 2 aromatic rings. The number of carbonyl (C=O) groups excluding carboxylic acids is 1. The summed E-state index contributed by atoms with van der Waals surface area (Å²) in [7, 11) is 0. The third kappa shape index (κ3) is 2.33. The van der Waals surface area contributed by atoms with Crippen LogP contribution >= 0.6 is 0 Å². The standard InChI is InChI=1S/C19H23N3O2/c23-19(24-17-8-12-5-6-13(17)7-12)15-9-14-11-21-22(18(14)20-10-15)16-3-1-2-4-16/h9-13,16-17H,1-8H2. The number of carbonyl (C=O) groups is 1. The van der Waals surface area contributed by atoms with Gasteiger partial charge in [-0.1, -0.05) is 12.8 Å². The molecule has 126 valence electrons. The predicted octanol–water partition coefficient (Wildman–Crippen LogP) is 3.89. The predicted molar refractivity (Wildman–Crippen MR) is 89.7 cm³/mol. The lowest BCUT2D eigenvalue weighted by molar-refractivity contribution is 0.0158. The number of esters is 1. The minimum absolute atomic E-state index is 0.119.